The number of ether oxygens (including phenoxy) is 3. The Morgan fingerprint density at radius 2 is 1.97 bits per heavy atom. The van der Waals surface area contributed by atoms with Crippen LogP contribution in [-0.2, 0) is 11.3 Å². The van der Waals surface area contributed by atoms with E-state index in [4.69, 9.17) is 14.2 Å². The van der Waals surface area contributed by atoms with E-state index in [1.807, 2.05) is 42.5 Å². The molecule has 1 aliphatic rings. The number of amides is 1. The number of methoxy groups -OCH3 is 1. The second kappa shape index (κ2) is 8.97. The molecule has 0 aliphatic carbocycles. The first-order valence-electron chi connectivity index (χ1n) is 9.92. The van der Waals surface area contributed by atoms with Crippen molar-refractivity contribution in [1.82, 2.24) is 5.32 Å². The van der Waals surface area contributed by atoms with Crippen LogP contribution in [0.4, 0.5) is 0 Å². The number of carbonyl (C=O) groups is 1. The Balaban J connectivity index is 1.48. The Labute approximate surface area is 170 Å². The lowest BCUT2D eigenvalue weighted by molar-refractivity contribution is 0.0857. The van der Waals surface area contributed by atoms with Crippen molar-refractivity contribution in [2.45, 2.75) is 25.6 Å². The molecule has 0 spiro atoms. The Morgan fingerprint density at radius 3 is 2.79 bits per heavy atom. The first kappa shape index (κ1) is 19.3. The van der Waals surface area contributed by atoms with Gasteiger partial charge in [0.2, 0.25) is 0 Å². The van der Waals surface area contributed by atoms with Gasteiger partial charge in [0.1, 0.15) is 18.1 Å². The second-order valence-electron chi connectivity index (χ2n) is 7.14. The molecule has 3 aromatic carbocycles. The molecule has 0 radical (unpaired) electrons. The molecule has 0 bridgehead atoms. The molecule has 1 fully saturated rings. The van der Waals surface area contributed by atoms with Crippen LogP contribution in [0.5, 0.6) is 11.5 Å². The van der Waals surface area contributed by atoms with E-state index in [9.17, 15) is 4.79 Å². The van der Waals surface area contributed by atoms with Crippen molar-refractivity contribution in [3.8, 4) is 11.5 Å². The van der Waals surface area contributed by atoms with Crippen LogP contribution in [0, 0.1) is 0 Å². The van der Waals surface area contributed by atoms with E-state index in [0.717, 1.165) is 41.5 Å². The fourth-order valence-corrected chi connectivity index (χ4v) is 3.62. The molecule has 4 rings (SSSR count). The molecule has 1 unspecified atom stereocenters. The van der Waals surface area contributed by atoms with Crippen molar-refractivity contribution in [1.29, 1.82) is 0 Å². The van der Waals surface area contributed by atoms with Gasteiger partial charge in [0.15, 0.2) is 0 Å². The quantitative estimate of drug-likeness (QED) is 0.651. The summed E-state index contributed by atoms with van der Waals surface area (Å²) in [5.41, 5.74) is 1.41. The normalized spacial score (nSPS) is 16.0. The van der Waals surface area contributed by atoms with E-state index in [1.54, 1.807) is 13.2 Å². The number of benzene rings is 3. The molecule has 1 N–H and O–H groups in total. The van der Waals surface area contributed by atoms with Crippen LogP contribution in [0.1, 0.15) is 28.8 Å². The molecule has 1 amide bonds. The van der Waals surface area contributed by atoms with Crippen molar-refractivity contribution in [3.63, 3.8) is 0 Å². The number of rotatable bonds is 7. The summed E-state index contributed by atoms with van der Waals surface area (Å²) in [5.74, 6) is 1.38. The number of carbonyl (C=O) groups excluding carboxylic acids is 1. The van der Waals surface area contributed by atoms with E-state index in [2.05, 4.69) is 17.4 Å². The summed E-state index contributed by atoms with van der Waals surface area (Å²) in [6.45, 7) is 1.62. The SMILES string of the molecule is COc1ccc(C(=O)NCC2CCCO2)cc1COc1cccc2ccccc12. The minimum atomic E-state index is -0.116. The maximum absolute atomic E-state index is 12.6. The average molecular weight is 391 g/mol. The number of fused-ring (bicyclic) bond motifs is 1. The van der Waals surface area contributed by atoms with E-state index in [-0.39, 0.29) is 12.0 Å². The summed E-state index contributed by atoms with van der Waals surface area (Å²) in [7, 11) is 1.62. The zero-order valence-electron chi connectivity index (χ0n) is 16.5. The van der Waals surface area contributed by atoms with Crippen molar-refractivity contribution < 1.29 is 19.0 Å². The lowest BCUT2D eigenvalue weighted by Crippen LogP contribution is -2.31. The predicted octanol–water partition coefficient (Wildman–Crippen LogP) is 4.34. The first-order chi connectivity index (χ1) is 14.2. The molecule has 5 heteroatoms. The average Bonchev–Trinajstić information content (AvgIpc) is 3.29. The molecule has 150 valence electrons. The lowest BCUT2D eigenvalue weighted by atomic mass is 10.1. The summed E-state index contributed by atoms with van der Waals surface area (Å²) in [6, 6.07) is 19.5. The van der Waals surface area contributed by atoms with Gasteiger partial charge in [0, 0.05) is 29.7 Å². The van der Waals surface area contributed by atoms with Crippen LogP contribution in [0.2, 0.25) is 0 Å². The summed E-state index contributed by atoms with van der Waals surface area (Å²) in [4.78, 5) is 12.6. The van der Waals surface area contributed by atoms with Crippen molar-refractivity contribution >= 4 is 16.7 Å². The molecule has 0 saturated carbocycles. The Kier molecular flexibility index (Phi) is 5.96. The van der Waals surface area contributed by atoms with Gasteiger partial charge in [-0.1, -0.05) is 36.4 Å². The summed E-state index contributed by atoms with van der Waals surface area (Å²) in [6.07, 6.45) is 2.16. The molecule has 5 nitrogen and oxygen atoms in total. The fraction of sp³-hybridized carbons (Fsp3) is 0.292. The maximum Gasteiger partial charge on any atom is 0.251 e. The van der Waals surface area contributed by atoms with Gasteiger partial charge in [-0.05, 0) is 42.5 Å². The van der Waals surface area contributed by atoms with Crippen LogP contribution in [-0.4, -0.2) is 32.3 Å². The van der Waals surface area contributed by atoms with Crippen molar-refractivity contribution in [2.75, 3.05) is 20.3 Å². The van der Waals surface area contributed by atoms with E-state index < -0.39 is 0 Å². The van der Waals surface area contributed by atoms with Crippen molar-refractivity contribution in [3.05, 3.63) is 71.8 Å². The summed E-state index contributed by atoms with van der Waals surface area (Å²) in [5, 5.41) is 5.14. The van der Waals surface area contributed by atoms with Crippen LogP contribution in [0.3, 0.4) is 0 Å². The minimum absolute atomic E-state index is 0.116. The second-order valence-corrected chi connectivity index (χ2v) is 7.14. The van der Waals surface area contributed by atoms with Crippen LogP contribution in [0.15, 0.2) is 60.7 Å². The van der Waals surface area contributed by atoms with Gasteiger partial charge < -0.3 is 19.5 Å². The van der Waals surface area contributed by atoms with Gasteiger partial charge in [0.25, 0.3) is 5.91 Å². The highest BCUT2D eigenvalue weighted by atomic mass is 16.5. The highest BCUT2D eigenvalue weighted by Gasteiger charge is 2.17. The van der Waals surface area contributed by atoms with Crippen LogP contribution in [0.25, 0.3) is 10.8 Å². The Morgan fingerprint density at radius 1 is 1.10 bits per heavy atom. The highest BCUT2D eigenvalue weighted by molar-refractivity contribution is 5.94. The molecule has 29 heavy (non-hydrogen) atoms. The van der Waals surface area contributed by atoms with Gasteiger partial charge >= 0.3 is 0 Å². The van der Waals surface area contributed by atoms with Crippen LogP contribution >= 0.6 is 0 Å². The molecule has 1 aliphatic heterocycles. The Hall–Kier alpha value is -3.05. The smallest absolute Gasteiger partial charge is 0.251 e. The zero-order valence-corrected chi connectivity index (χ0v) is 16.5. The Bertz CT molecular complexity index is 990. The number of hydrogen-bond donors (Lipinski definition) is 1. The third-order valence-corrected chi connectivity index (χ3v) is 5.19. The largest absolute Gasteiger partial charge is 0.496 e. The third kappa shape index (κ3) is 4.51. The van der Waals surface area contributed by atoms with Crippen molar-refractivity contribution in [2.24, 2.45) is 0 Å². The van der Waals surface area contributed by atoms with Gasteiger partial charge in [-0.2, -0.15) is 0 Å². The summed E-state index contributed by atoms with van der Waals surface area (Å²) < 4.78 is 17.1. The lowest BCUT2D eigenvalue weighted by Gasteiger charge is -2.14. The number of hydrogen-bond acceptors (Lipinski definition) is 4. The zero-order chi connectivity index (χ0) is 20.1. The maximum atomic E-state index is 12.6. The standard InChI is InChI=1S/C24H25NO4/c1-27-22-12-11-18(24(26)25-15-20-8-5-13-28-20)14-19(22)16-29-23-10-4-7-17-6-2-3-9-21(17)23/h2-4,6-7,9-12,14,20H,5,8,13,15-16H2,1H3,(H,25,26). The van der Waals surface area contributed by atoms with E-state index in [1.165, 1.54) is 0 Å². The third-order valence-electron chi connectivity index (χ3n) is 5.19. The molecule has 1 saturated heterocycles. The molecule has 3 aromatic rings. The monoisotopic (exact) mass is 391 g/mol. The van der Waals surface area contributed by atoms with E-state index >= 15 is 0 Å². The van der Waals surface area contributed by atoms with Gasteiger partial charge in [0.05, 0.1) is 13.2 Å². The van der Waals surface area contributed by atoms with Gasteiger partial charge in [-0.25, -0.2) is 0 Å². The molecule has 1 atom stereocenters. The minimum Gasteiger partial charge on any atom is -0.496 e. The van der Waals surface area contributed by atoms with Gasteiger partial charge in [-0.3, -0.25) is 4.79 Å². The molecule has 1 heterocycles. The molecular weight excluding hydrogens is 366 g/mol. The topological polar surface area (TPSA) is 56.8 Å². The van der Waals surface area contributed by atoms with E-state index in [0.29, 0.717) is 24.5 Å². The molecule has 0 aromatic heterocycles. The predicted molar refractivity (Wildman–Crippen MR) is 113 cm³/mol. The highest BCUT2D eigenvalue weighted by Crippen LogP contribution is 2.28. The van der Waals surface area contributed by atoms with Crippen LogP contribution < -0.4 is 14.8 Å². The van der Waals surface area contributed by atoms with Gasteiger partial charge in [-0.15, -0.1) is 0 Å². The number of nitrogens with one attached hydrogen (secondary N) is 1. The summed E-state index contributed by atoms with van der Waals surface area (Å²) >= 11 is 0. The molecular formula is C24H25NO4. The fourth-order valence-electron chi connectivity index (χ4n) is 3.62. The first-order valence-corrected chi connectivity index (χ1v) is 9.92.